The van der Waals surface area contributed by atoms with Crippen LogP contribution in [0.3, 0.4) is 0 Å². The van der Waals surface area contributed by atoms with E-state index in [9.17, 15) is 4.79 Å². The molecule has 3 nitrogen and oxygen atoms in total. The Balaban J connectivity index is 2.83. The molecule has 18 heavy (non-hydrogen) atoms. The van der Waals surface area contributed by atoms with Gasteiger partial charge in [0.2, 0.25) is 0 Å². The highest BCUT2D eigenvalue weighted by molar-refractivity contribution is 9.10. The molecule has 0 fully saturated rings. The van der Waals surface area contributed by atoms with Gasteiger partial charge in [-0.25, -0.2) is 0 Å². The number of carbonyl (C=O) groups is 1. The Hall–Kier alpha value is -0.640. The molecule has 1 unspecified atom stereocenters. The Morgan fingerprint density at radius 2 is 2.06 bits per heavy atom. The monoisotopic (exact) mass is 314 g/mol. The van der Waals surface area contributed by atoms with E-state index in [2.05, 4.69) is 48.7 Å². The van der Waals surface area contributed by atoms with Gasteiger partial charge < -0.3 is 0 Å². The standard InChI is InChI=1S/C14H23BrN2O/c1-5-10(4)8-11(18)9-13-14(15)12(6-2)16-17(13)7-3/h10H,5-9H2,1-4H3. The fraction of sp³-hybridized carbons (Fsp3) is 0.714. The van der Waals surface area contributed by atoms with E-state index in [1.807, 2.05) is 4.68 Å². The highest BCUT2D eigenvalue weighted by Crippen LogP contribution is 2.23. The van der Waals surface area contributed by atoms with E-state index in [1.54, 1.807) is 0 Å². The Morgan fingerprint density at radius 1 is 1.39 bits per heavy atom. The van der Waals surface area contributed by atoms with Crippen molar-refractivity contribution < 1.29 is 4.79 Å². The van der Waals surface area contributed by atoms with Crippen LogP contribution in [-0.4, -0.2) is 15.6 Å². The Kier molecular flexibility index (Phi) is 6.06. The van der Waals surface area contributed by atoms with Crippen LogP contribution in [0.15, 0.2) is 4.47 Å². The molecule has 0 aliphatic rings. The molecule has 0 aliphatic heterocycles. The van der Waals surface area contributed by atoms with Crippen LogP contribution < -0.4 is 0 Å². The maximum absolute atomic E-state index is 12.0. The van der Waals surface area contributed by atoms with Gasteiger partial charge in [0.25, 0.3) is 0 Å². The maximum atomic E-state index is 12.0. The lowest BCUT2D eigenvalue weighted by Gasteiger charge is -2.08. The molecule has 0 aliphatic carbocycles. The van der Waals surface area contributed by atoms with Gasteiger partial charge in [0.1, 0.15) is 5.78 Å². The van der Waals surface area contributed by atoms with Crippen molar-refractivity contribution in [2.75, 3.05) is 0 Å². The van der Waals surface area contributed by atoms with E-state index in [0.717, 1.165) is 35.2 Å². The summed E-state index contributed by atoms with van der Waals surface area (Å²) < 4.78 is 2.96. The predicted octanol–water partition coefficient (Wildman–Crippen LogP) is 3.78. The third-order valence-corrected chi connectivity index (χ3v) is 4.25. The van der Waals surface area contributed by atoms with Crippen LogP contribution in [0.1, 0.15) is 51.9 Å². The fourth-order valence-corrected chi connectivity index (χ4v) is 2.68. The fourth-order valence-electron chi connectivity index (χ4n) is 1.98. The van der Waals surface area contributed by atoms with E-state index in [-0.39, 0.29) is 0 Å². The van der Waals surface area contributed by atoms with Crippen LogP contribution in [0, 0.1) is 5.92 Å². The first-order chi connectivity index (χ1) is 8.53. The molecule has 1 rings (SSSR count). The van der Waals surface area contributed by atoms with E-state index in [0.29, 0.717) is 24.5 Å². The molecule has 1 atom stereocenters. The zero-order chi connectivity index (χ0) is 13.7. The zero-order valence-corrected chi connectivity index (χ0v) is 13.4. The molecule has 0 saturated heterocycles. The van der Waals surface area contributed by atoms with Crippen LogP contribution in [0.4, 0.5) is 0 Å². The van der Waals surface area contributed by atoms with Crippen molar-refractivity contribution in [2.24, 2.45) is 5.92 Å². The lowest BCUT2D eigenvalue weighted by molar-refractivity contribution is -0.119. The highest BCUT2D eigenvalue weighted by Gasteiger charge is 2.17. The third kappa shape index (κ3) is 3.67. The summed E-state index contributed by atoms with van der Waals surface area (Å²) in [7, 11) is 0. The van der Waals surface area contributed by atoms with Crippen LogP contribution in [0.25, 0.3) is 0 Å². The maximum Gasteiger partial charge on any atom is 0.139 e. The first-order valence-electron chi connectivity index (χ1n) is 6.79. The number of hydrogen-bond donors (Lipinski definition) is 0. The summed E-state index contributed by atoms with van der Waals surface area (Å²) >= 11 is 3.58. The van der Waals surface area contributed by atoms with Gasteiger partial charge in [0, 0.05) is 19.4 Å². The van der Waals surface area contributed by atoms with E-state index in [1.165, 1.54) is 0 Å². The quantitative estimate of drug-likeness (QED) is 0.767. The molecule has 0 aromatic carbocycles. The van der Waals surface area contributed by atoms with Crippen LogP contribution in [0.5, 0.6) is 0 Å². The summed E-state index contributed by atoms with van der Waals surface area (Å²) in [5, 5.41) is 4.52. The molecular formula is C14H23BrN2O. The van der Waals surface area contributed by atoms with Crippen molar-refractivity contribution >= 4 is 21.7 Å². The van der Waals surface area contributed by atoms with Crippen molar-refractivity contribution in [3.05, 3.63) is 15.9 Å². The number of hydrogen-bond acceptors (Lipinski definition) is 2. The Labute approximate surface area is 118 Å². The van der Waals surface area contributed by atoms with Gasteiger partial charge in [-0.1, -0.05) is 27.2 Å². The van der Waals surface area contributed by atoms with Crippen LogP contribution in [-0.2, 0) is 24.2 Å². The van der Waals surface area contributed by atoms with Crippen molar-refractivity contribution in [3.63, 3.8) is 0 Å². The number of halogens is 1. The second-order valence-corrected chi connectivity index (χ2v) is 5.60. The minimum atomic E-state index is 0.308. The van der Waals surface area contributed by atoms with Crippen LogP contribution in [0.2, 0.25) is 0 Å². The summed E-state index contributed by atoms with van der Waals surface area (Å²) in [6, 6.07) is 0. The summed E-state index contributed by atoms with van der Waals surface area (Å²) in [6.07, 6.45) is 3.10. The molecule has 0 radical (unpaired) electrons. The number of carbonyl (C=O) groups excluding carboxylic acids is 1. The van der Waals surface area contributed by atoms with Crippen molar-refractivity contribution in [1.29, 1.82) is 0 Å². The topological polar surface area (TPSA) is 34.9 Å². The van der Waals surface area contributed by atoms with Crippen molar-refractivity contribution in [1.82, 2.24) is 9.78 Å². The van der Waals surface area contributed by atoms with Gasteiger partial charge in [-0.05, 0) is 35.2 Å². The van der Waals surface area contributed by atoms with Gasteiger partial charge in [-0.3, -0.25) is 9.48 Å². The first-order valence-corrected chi connectivity index (χ1v) is 7.58. The molecule has 0 amide bonds. The smallest absolute Gasteiger partial charge is 0.139 e. The average Bonchev–Trinajstić information content (AvgIpc) is 2.66. The average molecular weight is 315 g/mol. The number of ketones is 1. The second-order valence-electron chi connectivity index (χ2n) is 4.81. The van der Waals surface area contributed by atoms with Gasteiger partial charge in [0.05, 0.1) is 15.9 Å². The minimum Gasteiger partial charge on any atom is -0.299 e. The van der Waals surface area contributed by atoms with E-state index in [4.69, 9.17) is 0 Å². The third-order valence-electron chi connectivity index (χ3n) is 3.33. The summed E-state index contributed by atoms with van der Waals surface area (Å²) in [5.41, 5.74) is 2.07. The van der Waals surface area contributed by atoms with Gasteiger partial charge >= 0.3 is 0 Å². The van der Waals surface area contributed by atoms with Crippen molar-refractivity contribution in [2.45, 2.75) is 59.9 Å². The number of rotatable bonds is 7. The molecule has 0 N–H and O–H groups in total. The number of Topliss-reactive ketones (excluding diaryl/α,β-unsaturated/α-hetero) is 1. The SMILES string of the molecule is CCc1nn(CC)c(CC(=O)CC(C)CC)c1Br. The number of nitrogens with zero attached hydrogens (tertiary/aromatic N) is 2. The molecule has 102 valence electrons. The molecule has 0 spiro atoms. The van der Waals surface area contributed by atoms with Gasteiger partial charge in [-0.15, -0.1) is 0 Å². The highest BCUT2D eigenvalue weighted by atomic mass is 79.9. The summed E-state index contributed by atoms with van der Waals surface area (Å²) in [5.74, 6) is 0.780. The summed E-state index contributed by atoms with van der Waals surface area (Å²) in [4.78, 5) is 12.0. The van der Waals surface area contributed by atoms with E-state index >= 15 is 0 Å². The second kappa shape index (κ2) is 7.07. The van der Waals surface area contributed by atoms with E-state index < -0.39 is 0 Å². The molecular weight excluding hydrogens is 292 g/mol. The predicted molar refractivity (Wildman–Crippen MR) is 77.8 cm³/mol. The lowest BCUT2D eigenvalue weighted by atomic mass is 9.99. The number of aryl methyl sites for hydroxylation is 2. The normalized spacial score (nSPS) is 12.7. The summed E-state index contributed by atoms with van der Waals surface area (Å²) in [6.45, 7) is 9.20. The molecule has 4 heteroatoms. The Bertz CT molecular complexity index is 412. The Morgan fingerprint density at radius 3 is 2.56 bits per heavy atom. The molecule has 1 aromatic heterocycles. The molecule has 0 bridgehead atoms. The largest absolute Gasteiger partial charge is 0.299 e. The molecule has 1 heterocycles. The molecule has 0 saturated carbocycles. The van der Waals surface area contributed by atoms with Gasteiger partial charge in [-0.2, -0.15) is 5.10 Å². The lowest BCUT2D eigenvalue weighted by Crippen LogP contribution is -2.12. The zero-order valence-electron chi connectivity index (χ0n) is 11.8. The minimum absolute atomic E-state index is 0.308. The molecule has 1 aromatic rings. The van der Waals surface area contributed by atoms with Gasteiger partial charge in [0.15, 0.2) is 0 Å². The van der Waals surface area contributed by atoms with Crippen molar-refractivity contribution in [3.8, 4) is 0 Å². The van der Waals surface area contributed by atoms with Crippen LogP contribution >= 0.6 is 15.9 Å². The first kappa shape index (κ1) is 15.4. The number of aromatic nitrogens is 2.